The maximum absolute atomic E-state index is 5.77. The number of aromatic nitrogens is 4. The van der Waals surface area contributed by atoms with Crippen molar-refractivity contribution in [3.63, 3.8) is 0 Å². The van der Waals surface area contributed by atoms with Crippen LogP contribution in [0.3, 0.4) is 0 Å². The summed E-state index contributed by atoms with van der Waals surface area (Å²) in [6.45, 7) is 5.08. The quantitative estimate of drug-likeness (QED) is 0.782. The van der Waals surface area contributed by atoms with Gasteiger partial charge in [0.25, 0.3) is 0 Å². The second-order valence-corrected chi connectivity index (χ2v) is 5.81. The van der Waals surface area contributed by atoms with E-state index in [1.165, 1.54) is 11.9 Å². The summed E-state index contributed by atoms with van der Waals surface area (Å²) >= 11 is 0. The number of nitrogens with zero attached hydrogens (tertiary/aromatic N) is 4. The van der Waals surface area contributed by atoms with E-state index >= 15 is 0 Å². The van der Waals surface area contributed by atoms with Gasteiger partial charge in [-0.05, 0) is 6.07 Å². The zero-order valence-corrected chi connectivity index (χ0v) is 11.9. The number of anilines is 2. The molecule has 4 rings (SSSR count). The van der Waals surface area contributed by atoms with Crippen LogP contribution in [0.1, 0.15) is 19.4 Å². The first kappa shape index (κ1) is 12.1. The van der Waals surface area contributed by atoms with E-state index in [4.69, 9.17) is 4.74 Å². The van der Waals surface area contributed by atoms with E-state index in [9.17, 15) is 0 Å². The molecule has 0 aliphatic carbocycles. The van der Waals surface area contributed by atoms with Crippen LogP contribution >= 0.6 is 0 Å². The summed E-state index contributed by atoms with van der Waals surface area (Å²) in [5.74, 6) is 1.55. The fraction of sp³-hybridized carbons (Fsp3) is 0.267. The highest BCUT2D eigenvalue weighted by atomic mass is 16.5. The lowest BCUT2D eigenvalue weighted by Gasteiger charge is -2.15. The van der Waals surface area contributed by atoms with Crippen molar-refractivity contribution in [1.82, 2.24) is 19.6 Å². The topological polar surface area (TPSA) is 64.3 Å². The lowest BCUT2D eigenvalue weighted by molar-refractivity contribution is 0.291. The summed E-state index contributed by atoms with van der Waals surface area (Å²) < 4.78 is 7.43. The van der Waals surface area contributed by atoms with E-state index in [1.807, 2.05) is 18.2 Å². The van der Waals surface area contributed by atoms with Crippen molar-refractivity contribution in [2.75, 3.05) is 11.9 Å². The zero-order chi connectivity index (χ0) is 14.4. The van der Waals surface area contributed by atoms with Gasteiger partial charge >= 0.3 is 0 Å². The number of benzene rings is 1. The van der Waals surface area contributed by atoms with Crippen molar-refractivity contribution in [3.8, 4) is 5.75 Å². The maximum Gasteiger partial charge on any atom is 0.231 e. The number of fused-ring (bicyclic) bond motifs is 2. The Labute approximate surface area is 121 Å². The van der Waals surface area contributed by atoms with Crippen LogP contribution in [0.25, 0.3) is 5.65 Å². The monoisotopic (exact) mass is 281 g/mol. The van der Waals surface area contributed by atoms with Gasteiger partial charge in [-0.1, -0.05) is 19.9 Å². The predicted octanol–water partition coefficient (Wildman–Crippen LogP) is 2.54. The Kier molecular flexibility index (Phi) is 2.42. The van der Waals surface area contributed by atoms with Crippen LogP contribution in [0.4, 0.5) is 11.6 Å². The van der Waals surface area contributed by atoms with Crippen LogP contribution in [0.15, 0.2) is 36.8 Å². The molecule has 0 spiro atoms. The second-order valence-electron chi connectivity index (χ2n) is 5.81. The second kappa shape index (κ2) is 4.18. The molecule has 0 atom stereocenters. The Morgan fingerprint density at radius 3 is 3.05 bits per heavy atom. The van der Waals surface area contributed by atoms with Gasteiger partial charge in [0.05, 0.1) is 12.8 Å². The molecule has 0 bridgehead atoms. The first-order valence-corrected chi connectivity index (χ1v) is 6.83. The zero-order valence-electron chi connectivity index (χ0n) is 11.9. The Balaban J connectivity index is 1.71. The van der Waals surface area contributed by atoms with Gasteiger partial charge < -0.3 is 10.1 Å². The molecule has 0 unspecified atom stereocenters. The summed E-state index contributed by atoms with van der Waals surface area (Å²) in [5, 5.41) is 7.47. The molecule has 1 N–H and O–H groups in total. The molecule has 1 aliphatic heterocycles. The fourth-order valence-corrected chi connectivity index (χ4v) is 2.58. The molecule has 0 saturated carbocycles. The first-order valence-electron chi connectivity index (χ1n) is 6.83. The fourth-order valence-electron chi connectivity index (χ4n) is 2.58. The average molecular weight is 281 g/mol. The molecule has 2 aromatic heterocycles. The summed E-state index contributed by atoms with van der Waals surface area (Å²) in [6, 6.07) is 7.97. The molecule has 3 aromatic rings. The molecule has 6 nitrogen and oxygen atoms in total. The lowest BCUT2D eigenvalue weighted by atomic mass is 9.87. The summed E-state index contributed by atoms with van der Waals surface area (Å²) in [4.78, 5) is 8.38. The van der Waals surface area contributed by atoms with Crippen molar-refractivity contribution >= 4 is 17.3 Å². The SMILES string of the molecule is CC1(C)COc2cc(Nc3ncnc4ccnn34)ccc21. The summed E-state index contributed by atoms with van der Waals surface area (Å²) in [6.07, 6.45) is 3.22. The van der Waals surface area contributed by atoms with Crippen molar-refractivity contribution in [3.05, 3.63) is 42.4 Å². The van der Waals surface area contributed by atoms with E-state index in [1.54, 1.807) is 10.7 Å². The van der Waals surface area contributed by atoms with Crippen molar-refractivity contribution in [1.29, 1.82) is 0 Å². The highest BCUT2D eigenvalue weighted by Crippen LogP contribution is 2.39. The Morgan fingerprint density at radius 1 is 1.24 bits per heavy atom. The minimum absolute atomic E-state index is 0.0675. The summed E-state index contributed by atoms with van der Waals surface area (Å²) in [7, 11) is 0. The molecule has 1 aromatic carbocycles. The van der Waals surface area contributed by atoms with Crippen LogP contribution in [0, 0.1) is 0 Å². The van der Waals surface area contributed by atoms with Gasteiger partial charge in [0.1, 0.15) is 12.1 Å². The van der Waals surface area contributed by atoms with Gasteiger partial charge in [-0.2, -0.15) is 9.61 Å². The standard InChI is InChI=1S/C15H15N5O/c1-15(2)8-21-12-7-10(3-4-11(12)15)19-14-17-9-16-13-5-6-18-20(13)14/h3-7,9H,8H2,1-2H3,(H,16,17,19). The molecule has 1 aliphatic rings. The highest BCUT2D eigenvalue weighted by Gasteiger charge is 2.31. The van der Waals surface area contributed by atoms with Crippen LogP contribution in [-0.4, -0.2) is 26.2 Å². The van der Waals surface area contributed by atoms with Crippen LogP contribution in [0.2, 0.25) is 0 Å². The van der Waals surface area contributed by atoms with Crippen LogP contribution in [-0.2, 0) is 5.41 Å². The van der Waals surface area contributed by atoms with Gasteiger partial charge in [-0.3, -0.25) is 0 Å². The lowest BCUT2D eigenvalue weighted by Crippen LogP contribution is -2.18. The predicted molar refractivity (Wildman–Crippen MR) is 79.0 cm³/mol. The average Bonchev–Trinajstić information content (AvgIpc) is 3.05. The molecule has 0 amide bonds. The summed E-state index contributed by atoms with van der Waals surface area (Å²) in [5.41, 5.74) is 2.98. The number of nitrogens with one attached hydrogen (secondary N) is 1. The molecule has 0 saturated heterocycles. The highest BCUT2D eigenvalue weighted by molar-refractivity contribution is 5.61. The number of hydrogen-bond donors (Lipinski definition) is 1. The van der Waals surface area contributed by atoms with Crippen LogP contribution in [0.5, 0.6) is 5.75 Å². The van der Waals surface area contributed by atoms with Gasteiger partial charge in [0.2, 0.25) is 5.95 Å². The molecule has 21 heavy (non-hydrogen) atoms. The third-order valence-corrected chi connectivity index (χ3v) is 3.75. The maximum atomic E-state index is 5.77. The van der Waals surface area contributed by atoms with E-state index in [-0.39, 0.29) is 5.41 Å². The Hall–Kier alpha value is -2.63. The van der Waals surface area contributed by atoms with E-state index in [0.29, 0.717) is 12.6 Å². The largest absolute Gasteiger partial charge is 0.492 e. The van der Waals surface area contributed by atoms with E-state index < -0.39 is 0 Å². The number of hydrogen-bond acceptors (Lipinski definition) is 5. The minimum Gasteiger partial charge on any atom is -0.492 e. The van der Waals surface area contributed by atoms with Crippen LogP contribution < -0.4 is 10.1 Å². The van der Waals surface area contributed by atoms with E-state index in [0.717, 1.165) is 17.1 Å². The smallest absolute Gasteiger partial charge is 0.231 e. The molecule has 6 heteroatoms. The molecule has 106 valence electrons. The molecule has 0 fully saturated rings. The Morgan fingerprint density at radius 2 is 2.14 bits per heavy atom. The molecular weight excluding hydrogens is 266 g/mol. The van der Waals surface area contributed by atoms with Crippen molar-refractivity contribution in [2.24, 2.45) is 0 Å². The van der Waals surface area contributed by atoms with Gasteiger partial charge in [-0.15, -0.1) is 0 Å². The van der Waals surface area contributed by atoms with Crippen molar-refractivity contribution in [2.45, 2.75) is 19.3 Å². The van der Waals surface area contributed by atoms with Gasteiger partial charge in [-0.25, -0.2) is 9.97 Å². The minimum atomic E-state index is 0.0675. The molecule has 3 heterocycles. The molecular formula is C15H15N5O. The van der Waals surface area contributed by atoms with Gasteiger partial charge in [0.15, 0.2) is 5.65 Å². The Bertz CT molecular complexity index is 824. The first-order chi connectivity index (χ1) is 10.1. The number of rotatable bonds is 2. The number of ether oxygens (including phenoxy) is 1. The third kappa shape index (κ3) is 1.91. The third-order valence-electron chi connectivity index (χ3n) is 3.75. The molecule has 0 radical (unpaired) electrons. The van der Waals surface area contributed by atoms with Gasteiger partial charge in [0, 0.05) is 28.8 Å². The van der Waals surface area contributed by atoms with E-state index in [2.05, 4.69) is 40.3 Å². The normalized spacial score (nSPS) is 15.7. The van der Waals surface area contributed by atoms with Crippen molar-refractivity contribution < 1.29 is 4.74 Å².